The van der Waals surface area contributed by atoms with Crippen molar-refractivity contribution in [3.05, 3.63) is 59.7 Å². The average molecular weight is 363 g/mol. The Kier molecular flexibility index (Phi) is 7.28. The van der Waals surface area contributed by atoms with E-state index in [1.54, 1.807) is 7.11 Å². The number of ether oxygens (including phenoxy) is 2. The Bertz CT molecular complexity index is 680. The molecule has 6 heteroatoms. The number of benzene rings is 2. The molecule has 0 bridgehead atoms. The first-order valence-corrected chi connectivity index (χ1v) is 9.99. The van der Waals surface area contributed by atoms with Gasteiger partial charge in [-0.15, -0.1) is 0 Å². The molecule has 0 heterocycles. The summed E-state index contributed by atoms with van der Waals surface area (Å²) in [6, 6.07) is 15.3. The highest BCUT2D eigenvalue weighted by Gasteiger charge is 2.10. The van der Waals surface area contributed by atoms with Gasteiger partial charge in [-0.25, -0.2) is 13.1 Å². The topological polar surface area (TPSA) is 64.6 Å². The SMILES string of the molecule is CCc1ccc(OCCS(=O)(=O)NCCc2ccc(OC)cc2)cc1. The van der Waals surface area contributed by atoms with Crippen LogP contribution in [0.2, 0.25) is 0 Å². The number of hydrogen-bond acceptors (Lipinski definition) is 4. The van der Waals surface area contributed by atoms with E-state index in [1.807, 2.05) is 48.5 Å². The van der Waals surface area contributed by atoms with E-state index in [0.717, 1.165) is 17.7 Å². The van der Waals surface area contributed by atoms with Gasteiger partial charge in [0.15, 0.2) is 0 Å². The van der Waals surface area contributed by atoms with Crippen LogP contribution in [0.5, 0.6) is 11.5 Å². The van der Waals surface area contributed by atoms with Crippen molar-refractivity contribution in [2.45, 2.75) is 19.8 Å². The van der Waals surface area contributed by atoms with Gasteiger partial charge in [0.1, 0.15) is 18.1 Å². The van der Waals surface area contributed by atoms with Gasteiger partial charge in [0, 0.05) is 6.54 Å². The van der Waals surface area contributed by atoms with Crippen molar-refractivity contribution in [2.75, 3.05) is 26.0 Å². The van der Waals surface area contributed by atoms with Crippen LogP contribution in [0.1, 0.15) is 18.1 Å². The Morgan fingerprint density at radius 2 is 1.52 bits per heavy atom. The van der Waals surface area contributed by atoms with Gasteiger partial charge in [-0.2, -0.15) is 0 Å². The predicted molar refractivity (Wildman–Crippen MR) is 99.8 cm³/mol. The second-order valence-corrected chi connectivity index (χ2v) is 7.58. The molecule has 2 aromatic rings. The Morgan fingerprint density at radius 1 is 0.920 bits per heavy atom. The maximum absolute atomic E-state index is 12.0. The highest BCUT2D eigenvalue weighted by Crippen LogP contribution is 2.13. The molecule has 0 amide bonds. The number of hydrogen-bond donors (Lipinski definition) is 1. The number of methoxy groups -OCH3 is 1. The Morgan fingerprint density at radius 3 is 2.12 bits per heavy atom. The molecule has 0 radical (unpaired) electrons. The second-order valence-electron chi connectivity index (χ2n) is 5.66. The molecule has 0 saturated heterocycles. The lowest BCUT2D eigenvalue weighted by molar-refractivity contribution is 0.340. The molecule has 0 spiro atoms. The third kappa shape index (κ3) is 6.76. The van der Waals surface area contributed by atoms with E-state index < -0.39 is 10.0 Å². The third-order valence-corrected chi connectivity index (χ3v) is 5.20. The first-order chi connectivity index (χ1) is 12.0. The van der Waals surface area contributed by atoms with Gasteiger partial charge in [0.2, 0.25) is 10.0 Å². The zero-order valence-electron chi connectivity index (χ0n) is 14.7. The van der Waals surface area contributed by atoms with Gasteiger partial charge in [-0.1, -0.05) is 31.2 Å². The van der Waals surface area contributed by atoms with Gasteiger partial charge in [-0.05, 0) is 48.2 Å². The summed E-state index contributed by atoms with van der Waals surface area (Å²) >= 11 is 0. The zero-order chi connectivity index (χ0) is 18.1. The third-order valence-electron chi connectivity index (χ3n) is 3.85. The lowest BCUT2D eigenvalue weighted by Crippen LogP contribution is -2.30. The predicted octanol–water partition coefficient (Wildman–Crippen LogP) is 2.80. The van der Waals surface area contributed by atoms with Crippen molar-refractivity contribution in [2.24, 2.45) is 0 Å². The van der Waals surface area contributed by atoms with E-state index >= 15 is 0 Å². The number of aryl methyl sites for hydroxylation is 1. The van der Waals surface area contributed by atoms with E-state index in [-0.39, 0.29) is 12.4 Å². The van der Waals surface area contributed by atoms with Crippen LogP contribution in [-0.4, -0.2) is 34.4 Å². The smallest absolute Gasteiger partial charge is 0.214 e. The molecule has 0 aliphatic heterocycles. The van der Waals surface area contributed by atoms with E-state index in [9.17, 15) is 8.42 Å². The van der Waals surface area contributed by atoms with Crippen molar-refractivity contribution < 1.29 is 17.9 Å². The lowest BCUT2D eigenvalue weighted by atomic mass is 10.1. The summed E-state index contributed by atoms with van der Waals surface area (Å²) in [6.45, 7) is 2.57. The fourth-order valence-corrected chi connectivity index (χ4v) is 3.17. The van der Waals surface area contributed by atoms with Crippen molar-refractivity contribution in [1.29, 1.82) is 0 Å². The molecule has 25 heavy (non-hydrogen) atoms. The fraction of sp³-hybridized carbons (Fsp3) is 0.368. The highest BCUT2D eigenvalue weighted by atomic mass is 32.2. The molecule has 136 valence electrons. The standard InChI is InChI=1S/C19H25NO4S/c1-3-16-4-10-19(11-5-16)24-14-15-25(21,22)20-13-12-17-6-8-18(23-2)9-7-17/h4-11,20H,3,12-15H2,1-2H3. The normalized spacial score (nSPS) is 11.3. The average Bonchev–Trinajstić information content (AvgIpc) is 2.62. The largest absolute Gasteiger partial charge is 0.497 e. The maximum Gasteiger partial charge on any atom is 0.214 e. The van der Waals surface area contributed by atoms with Crippen molar-refractivity contribution in [1.82, 2.24) is 4.72 Å². The number of nitrogens with one attached hydrogen (secondary N) is 1. The first-order valence-electron chi connectivity index (χ1n) is 8.34. The van der Waals surface area contributed by atoms with Gasteiger partial charge in [-0.3, -0.25) is 0 Å². The molecule has 0 aromatic heterocycles. The molecule has 1 N–H and O–H groups in total. The Hall–Kier alpha value is -2.05. The van der Waals surface area contributed by atoms with Crippen molar-refractivity contribution >= 4 is 10.0 Å². The zero-order valence-corrected chi connectivity index (χ0v) is 15.5. The summed E-state index contributed by atoms with van der Waals surface area (Å²) < 4.78 is 37.2. The minimum atomic E-state index is -3.35. The quantitative estimate of drug-likeness (QED) is 0.705. The summed E-state index contributed by atoms with van der Waals surface area (Å²) in [5, 5.41) is 0. The minimum Gasteiger partial charge on any atom is -0.497 e. The molecular weight excluding hydrogens is 338 g/mol. The van der Waals surface area contributed by atoms with Gasteiger partial charge in [0.05, 0.1) is 12.9 Å². The number of rotatable bonds is 10. The molecule has 0 saturated carbocycles. The molecule has 0 aliphatic carbocycles. The van der Waals surface area contributed by atoms with Gasteiger partial charge < -0.3 is 9.47 Å². The summed E-state index contributed by atoms with van der Waals surface area (Å²) in [6.07, 6.45) is 1.59. The van der Waals surface area contributed by atoms with Gasteiger partial charge >= 0.3 is 0 Å². The second kappa shape index (κ2) is 9.44. The van der Waals surface area contributed by atoms with Crippen molar-refractivity contribution in [3.63, 3.8) is 0 Å². The molecule has 5 nitrogen and oxygen atoms in total. The minimum absolute atomic E-state index is 0.0643. The summed E-state index contributed by atoms with van der Waals surface area (Å²) in [4.78, 5) is 0. The monoisotopic (exact) mass is 363 g/mol. The Balaban J connectivity index is 1.71. The van der Waals surface area contributed by atoms with E-state index in [1.165, 1.54) is 5.56 Å². The van der Waals surface area contributed by atoms with Crippen LogP contribution in [0, 0.1) is 0 Å². The molecule has 2 aromatic carbocycles. The first kappa shape index (κ1) is 19.3. The maximum atomic E-state index is 12.0. The highest BCUT2D eigenvalue weighted by molar-refractivity contribution is 7.89. The number of sulfonamides is 1. The van der Waals surface area contributed by atoms with Crippen LogP contribution in [-0.2, 0) is 22.9 Å². The van der Waals surface area contributed by atoms with Crippen LogP contribution < -0.4 is 14.2 Å². The molecular formula is C19H25NO4S. The van der Waals surface area contributed by atoms with Crippen LogP contribution >= 0.6 is 0 Å². The van der Waals surface area contributed by atoms with Crippen molar-refractivity contribution in [3.8, 4) is 11.5 Å². The molecule has 0 fully saturated rings. The van der Waals surface area contributed by atoms with Crippen LogP contribution in [0.15, 0.2) is 48.5 Å². The molecule has 0 unspecified atom stereocenters. The summed E-state index contributed by atoms with van der Waals surface area (Å²) in [5.41, 5.74) is 2.27. The van der Waals surface area contributed by atoms with Crippen LogP contribution in [0.4, 0.5) is 0 Å². The molecule has 0 aliphatic rings. The Labute approximate surface area is 150 Å². The van der Waals surface area contributed by atoms with E-state index in [2.05, 4.69) is 11.6 Å². The van der Waals surface area contributed by atoms with Crippen LogP contribution in [0.3, 0.4) is 0 Å². The van der Waals surface area contributed by atoms with Crippen LogP contribution in [0.25, 0.3) is 0 Å². The molecule has 0 atom stereocenters. The van der Waals surface area contributed by atoms with E-state index in [4.69, 9.17) is 9.47 Å². The fourth-order valence-electron chi connectivity index (χ4n) is 2.31. The van der Waals surface area contributed by atoms with E-state index in [0.29, 0.717) is 18.7 Å². The van der Waals surface area contributed by atoms with Gasteiger partial charge in [0.25, 0.3) is 0 Å². The summed E-state index contributed by atoms with van der Waals surface area (Å²) in [7, 11) is -1.73. The summed E-state index contributed by atoms with van der Waals surface area (Å²) in [5.74, 6) is 1.41. The molecule has 2 rings (SSSR count). The lowest BCUT2D eigenvalue weighted by Gasteiger charge is -2.09.